The maximum atomic E-state index is 12.0. The Bertz CT molecular complexity index is 471. The second kappa shape index (κ2) is 16.3. The van der Waals surface area contributed by atoms with Crippen molar-refractivity contribution in [1.82, 2.24) is 0 Å². The molecule has 0 N–H and O–H groups in total. The topological polar surface area (TPSA) is 77.5 Å². The quantitative estimate of drug-likeness (QED) is 0.194. The Morgan fingerprint density at radius 2 is 1.23 bits per heavy atom. The summed E-state index contributed by atoms with van der Waals surface area (Å²) < 4.78 is 28.6. The van der Waals surface area contributed by atoms with Gasteiger partial charge in [0.05, 0.1) is 18.1 Å². The number of ether oxygens (including phenoxy) is 1. The van der Waals surface area contributed by atoms with E-state index < -0.39 is 15.8 Å². The average molecular weight is 391 g/mol. The minimum absolute atomic E-state index is 0.0268. The zero-order valence-electron chi connectivity index (χ0n) is 16.8. The lowest BCUT2D eigenvalue weighted by atomic mass is 10.1. The van der Waals surface area contributed by atoms with Gasteiger partial charge in [0.25, 0.3) is 0 Å². The Morgan fingerprint density at radius 1 is 0.731 bits per heavy atom. The zero-order valence-corrected chi connectivity index (χ0v) is 17.6. The highest BCUT2D eigenvalue weighted by atomic mass is 32.2. The molecule has 0 saturated carbocycles. The van der Waals surface area contributed by atoms with E-state index in [1.165, 1.54) is 44.9 Å². The van der Waals surface area contributed by atoms with Crippen molar-refractivity contribution in [3.63, 3.8) is 0 Å². The van der Waals surface area contributed by atoms with Crippen LogP contribution in [-0.4, -0.2) is 38.3 Å². The average Bonchev–Trinajstić information content (AvgIpc) is 2.56. The molecular formula is C20H38O5S. The highest BCUT2D eigenvalue weighted by Crippen LogP contribution is 2.11. The minimum Gasteiger partial charge on any atom is -0.466 e. The van der Waals surface area contributed by atoms with E-state index in [4.69, 9.17) is 4.74 Å². The molecule has 0 atom stereocenters. The molecule has 5 nitrogen and oxygen atoms in total. The summed E-state index contributed by atoms with van der Waals surface area (Å²) in [5.41, 5.74) is 0. The Balaban J connectivity index is 3.61. The lowest BCUT2D eigenvalue weighted by molar-refractivity contribution is -0.145. The molecule has 0 amide bonds. The number of unbranched alkanes of at least 4 members (excludes halogenated alkanes) is 9. The molecule has 26 heavy (non-hydrogen) atoms. The van der Waals surface area contributed by atoms with Crippen molar-refractivity contribution in [3.05, 3.63) is 0 Å². The molecule has 0 aliphatic heterocycles. The van der Waals surface area contributed by atoms with Gasteiger partial charge in [-0.15, -0.1) is 0 Å². The molecule has 0 unspecified atom stereocenters. The van der Waals surface area contributed by atoms with Gasteiger partial charge >= 0.3 is 5.97 Å². The molecular weight excluding hydrogens is 352 g/mol. The van der Waals surface area contributed by atoms with Crippen molar-refractivity contribution in [1.29, 1.82) is 0 Å². The van der Waals surface area contributed by atoms with Crippen LogP contribution in [-0.2, 0) is 24.2 Å². The van der Waals surface area contributed by atoms with Crippen LogP contribution in [0.25, 0.3) is 0 Å². The van der Waals surface area contributed by atoms with E-state index in [0.717, 1.165) is 12.8 Å². The van der Waals surface area contributed by atoms with Gasteiger partial charge in [0.1, 0.15) is 22.0 Å². The Hall–Kier alpha value is -0.910. The molecule has 0 bridgehead atoms. The van der Waals surface area contributed by atoms with Crippen molar-refractivity contribution in [2.24, 2.45) is 0 Å². The van der Waals surface area contributed by atoms with Crippen molar-refractivity contribution in [2.45, 2.75) is 97.3 Å². The summed E-state index contributed by atoms with van der Waals surface area (Å²) in [4.78, 5) is 22.7. The first kappa shape index (κ1) is 25.1. The summed E-state index contributed by atoms with van der Waals surface area (Å²) in [6.45, 7) is 4.15. The fourth-order valence-electron chi connectivity index (χ4n) is 2.86. The summed E-state index contributed by atoms with van der Waals surface area (Å²) in [5.74, 6) is -0.558. The third-order valence-corrected chi connectivity index (χ3v) is 6.19. The number of esters is 1. The summed E-state index contributed by atoms with van der Waals surface area (Å²) in [7, 11) is -3.09. The standard InChI is InChI=1S/C20H38O5S/c1-3-5-6-7-8-9-10-11-12-13-16-26(23,24)17-14-15-19(21)18-20(22)25-4-2/h3-18H2,1-2H3. The molecule has 0 spiro atoms. The van der Waals surface area contributed by atoms with Crippen molar-refractivity contribution in [2.75, 3.05) is 18.1 Å². The number of rotatable bonds is 18. The summed E-state index contributed by atoms with van der Waals surface area (Å²) in [5, 5.41) is 0. The second-order valence-electron chi connectivity index (χ2n) is 6.96. The van der Waals surface area contributed by atoms with E-state index in [0.29, 0.717) is 12.8 Å². The third-order valence-electron chi connectivity index (χ3n) is 4.37. The van der Waals surface area contributed by atoms with Crippen LogP contribution < -0.4 is 0 Å². The van der Waals surface area contributed by atoms with Gasteiger partial charge in [-0.3, -0.25) is 9.59 Å². The highest BCUT2D eigenvalue weighted by Gasteiger charge is 2.14. The lowest BCUT2D eigenvalue weighted by Gasteiger charge is -2.05. The summed E-state index contributed by atoms with van der Waals surface area (Å²) in [6, 6.07) is 0. The SMILES string of the molecule is CCCCCCCCCCCCS(=O)(=O)CCCC(=O)CC(=O)OCC. The summed E-state index contributed by atoms with van der Waals surface area (Å²) >= 11 is 0. The zero-order chi connectivity index (χ0) is 19.7. The van der Waals surface area contributed by atoms with Crippen LogP contribution in [0.3, 0.4) is 0 Å². The monoisotopic (exact) mass is 390 g/mol. The van der Waals surface area contributed by atoms with Gasteiger partial charge in [0, 0.05) is 6.42 Å². The molecule has 0 aromatic rings. The van der Waals surface area contributed by atoms with E-state index in [1.807, 2.05) is 0 Å². The minimum atomic E-state index is -3.09. The Kier molecular flexibility index (Phi) is 15.7. The Morgan fingerprint density at radius 3 is 1.77 bits per heavy atom. The van der Waals surface area contributed by atoms with Crippen molar-refractivity contribution >= 4 is 21.6 Å². The van der Waals surface area contributed by atoms with E-state index in [9.17, 15) is 18.0 Å². The van der Waals surface area contributed by atoms with E-state index >= 15 is 0 Å². The van der Waals surface area contributed by atoms with Crippen molar-refractivity contribution in [3.8, 4) is 0 Å². The molecule has 0 rings (SSSR count). The third kappa shape index (κ3) is 16.6. The fraction of sp³-hybridized carbons (Fsp3) is 0.900. The second-order valence-corrected chi connectivity index (χ2v) is 9.26. The molecule has 154 valence electrons. The van der Waals surface area contributed by atoms with E-state index in [2.05, 4.69) is 6.92 Å². The van der Waals surface area contributed by atoms with Gasteiger partial charge in [-0.1, -0.05) is 64.7 Å². The number of ketones is 1. The number of carbonyl (C=O) groups is 2. The number of sulfone groups is 1. The number of carbonyl (C=O) groups excluding carboxylic acids is 2. The lowest BCUT2D eigenvalue weighted by Crippen LogP contribution is -2.14. The summed E-state index contributed by atoms with van der Waals surface area (Å²) in [6.07, 6.45) is 11.9. The van der Waals surface area contributed by atoms with Gasteiger partial charge in [-0.25, -0.2) is 8.42 Å². The molecule has 0 fully saturated rings. The van der Waals surface area contributed by atoms with Crippen molar-refractivity contribution < 1.29 is 22.7 Å². The predicted molar refractivity (Wildman–Crippen MR) is 106 cm³/mol. The largest absolute Gasteiger partial charge is 0.466 e. The number of Topliss-reactive ketones (excluding diaryl/α,β-unsaturated/α-hetero) is 1. The molecule has 0 heterocycles. The molecule has 0 saturated heterocycles. The van der Waals surface area contributed by atoms with Gasteiger partial charge in [-0.05, 0) is 19.8 Å². The molecule has 0 aromatic heterocycles. The first-order chi connectivity index (χ1) is 12.4. The van der Waals surface area contributed by atoms with Crippen LogP contribution in [0.5, 0.6) is 0 Å². The highest BCUT2D eigenvalue weighted by molar-refractivity contribution is 7.91. The molecule has 0 radical (unpaired) electrons. The van der Waals surface area contributed by atoms with Gasteiger partial charge in [0.2, 0.25) is 0 Å². The van der Waals surface area contributed by atoms with Crippen LogP contribution in [0.15, 0.2) is 0 Å². The van der Waals surface area contributed by atoms with Gasteiger partial charge in [-0.2, -0.15) is 0 Å². The fourth-order valence-corrected chi connectivity index (χ4v) is 4.29. The molecule has 0 aromatic carbocycles. The Labute approximate surface area is 160 Å². The number of hydrogen-bond acceptors (Lipinski definition) is 5. The predicted octanol–water partition coefficient (Wildman–Crippen LogP) is 4.62. The maximum Gasteiger partial charge on any atom is 0.313 e. The first-order valence-electron chi connectivity index (χ1n) is 10.3. The van der Waals surface area contributed by atoms with Gasteiger partial charge < -0.3 is 4.74 Å². The smallest absolute Gasteiger partial charge is 0.313 e. The molecule has 0 aliphatic carbocycles. The maximum absolute atomic E-state index is 12.0. The van der Waals surface area contributed by atoms with Crippen LogP contribution in [0.1, 0.15) is 97.3 Å². The van der Waals surface area contributed by atoms with Crippen LogP contribution >= 0.6 is 0 Å². The van der Waals surface area contributed by atoms with Crippen LogP contribution in [0.2, 0.25) is 0 Å². The van der Waals surface area contributed by atoms with Crippen LogP contribution in [0, 0.1) is 0 Å². The van der Waals surface area contributed by atoms with Crippen LogP contribution in [0.4, 0.5) is 0 Å². The normalized spacial score (nSPS) is 11.5. The van der Waals surface area contributed by atoms with E-state index in [1.54, 1.807) is 6.92 Å². The molecule has 0 aliphatic rings. The van der Waals surface area contributed by atoms with Gasteiger partial charge in [0.15, 0.2) is 0 Å². The van der Waals surface area contributed by atoms with E-state index in [-0.39, 0.29) is 36.7 Å². The first-order valence-corrected chi connectivity index (χ1v) is 12.1. The number of hydrogen-bond donors (Lipinski definition) is 0. The molecule has 6 heteroatoms.